The molecule has 0 spiro atoms. The standard InChI is InChI=1S/C32H35N3O2/c1-31(2,3)20-18-23(30(37)24(19-20)32(4,5)6)29(33)22-13-7-9-14-26(22)35-28-17-11-15-25(34-28)21-12-8-10-16-27(21)36/h7-19,33,36-37H,1-6H3,(H,34,35). The van der Waals surface area contributed by atoms with E-state index in [2.05, 4.69) is 52.9 Å². The molecule has 5 nitrogen and oxygen atoms in total. The van der Waals surface area contributed by atoms with E-state index < -0.39 is 0 Å². The van der Waals surface area contributed by atoms with E-state index in [-0.39, 0.29) is 28.0 Å². The smallest absolute Gasteiger partial charge is 0.131 e. The minimum absolute atomic E-state index is 0.139. The van der Waals surface area contributed by atoms with Crippen molar-refractivity contribution in [3.8, 4) is 22.8 Å². The molecule has 0 atom stereocenters. The maximum absolute atomic E-state index is 11.3. The first-order valence-corrected chi connectivity index (χ1v) is 12.4. The van der Waals surface area contributed by atoms with Crippen LogP contribution in [0.25, 0.3) is 11.3 Å². The van der Waals surface area contributed by atoms with E-state index in [1.165, 1.54) is 0 Å². The lowest BCUT2D eigenvalue weighted by molar-refractivity contribution is 0.443. The van der Waals surface area contributed by atoms with E-state index in [0.717, 1.165) is 11.1 Å². The summed E-state index contributed by atoms with van der Waals surface area (Å²) in [6.45, 7) is 12.6. The summed E-state index contributed by atoms with van der Waals surface area (Å²) >= 11 is 0. The highest BCUT2D eigenvalue weighted by atomic mass is 16.3. The Morgan fingerprint density at radius 3 is 2.11 bits per heavy atom. The van der Waals surface area contributed by atoms with Crippen LogP contribution in [0.2, 0.25) is 0 Å². The van der Waals surface area contributed by atoms with Gasteiger partial charge in [0.2, 0.25) is 0 Å². The van der Waals surface area contributed by atoms with Gasteiger partial charge in [0.05, 0.1) is 11.4 Å². The number of rotatable bonds is 5. The number of hydrogen-bond acceptors (Lipinski definition) is 5. The molecule has 4 aromatic rings. The number of nitrogens with zero attached hydrogens (tertiary/aromatic N) is 1. The van der Waals surface area contributed by atoms with Crippen molar-refractivity contribution in [3.63, 3.8) is 0 Å². The van der Waals surface area contributed by atoms with Gasteiger partial charge in [0.15, 0.2) is 0 Å². The summed E-state index contributed by atoms with van der Waals surface area (Å²) in [5.41, 5.74) is 4.83. The minimum atomic E-state index is -0.286. The Morgan fingerprint density at radius 1 is 0.757 bits per heavy atom. The van der Waals surface area contributed by atoms with Crippen molar-refractivity contribution < 1.29 is 10.2 Å². The number of phenolic OH excluding ortho intramolecular Hbond substituents is 2. The highest BCUT2D eigenvalue weighted by Crippen LogP contribution is 2.39. The van der Waals surface area contributed by atoms with Gasteiger partial charge < -0.3 is 15.5 Å². The van der Waals surface area contributed by atoms with Gasteiger partial charge in [-0.05, 0) is 52.8 Å². The first-order valence-electron chi connectivity index (χ1n) is 12.4. The number of anilines is 2. The van der Waals surface area contributed by atoms with Gasteiger partial charge in [0, 0.05) is 27.9 Å². The summed E-state index contributed by atoms with van der Waals surface area (Å²) in [6, 6.07) is 24.2. The Bertz CT molecular complexity index is 1460. The maximum atomic E-state index is 11.3. The minimum Gasteiger partial charge on any atom is -0.507 e. The Balaban J connectivity index is 1.77. The molecule has 0 aliphatic carbocycles. The number of para-hydroxylation sites is 2. The van der Waals surface area contributed by atoms with E-state index in [1.807, 2.05) is 60.7 Å². The monoisotopic (exact) mass is 493 g/mol. The number of phenols is 2. The molecule has 0 radical (unpaired) electrons. The number of pyridine rings is 1. The Morgan fingerprint density at radius 2 is 1.43 bits per heavy atom. The van der Waals surface area contributed by atoms with Gasteiger partial charge in [0.25, 0.3) is 0 Å². The van der Waals surface area contributed by atoms with E-state index >= 15 is 0 Å². The van der Waals surface area contributed by atoms with Gasteiger partial charge in [-0.15, -0.1) is 0 Å². The molecular formula is C32H35N3O2. The molecule has 190 valence electrons. The Labute approximate surface area is 219 Å². The molecule has 4 rings (SSSR count). The van der Waals surface area contributed by atoms with Crippen LogP contribution in [0.3, 0.4) is 0 Å². The van der Waals surface area contributed by atoms with Crippen LogP contribution in [0.4, 0.5) is 11.5 Å². The Hall–Kier alpha value is -4.12. The normalized spacial score (nSPS) is 11.8. The average Bonchev–Trinajstić information content (AvgIpc) is 2.83. The van der Waals surface area contributed by atoms with Gasteiger partial charge in [-0.25, -0.2) is 4.98 Å². The van der Waals surface area contributed by atoms with Crippen molar-refractivity contribution in [2.75, 3.05) is 5.32 Å². The molecule has 0 saturated heterocycles. The molecule has 0 aliphatic rings. The van der Waals surface area contributed by atoms with E-state index in [1.54, 1.807) is 12.1 Å². The lowest BCUT2D eigenvalue weighted by atomic mass is 9.78. The van der Waals surface area contributed by atoms with Crippen LogP contribution < -0.4 is 5.32 Å². The molecular weight excluding hydrogens is 458 g/mol. The van der Waals surface area contributed by atoms with Crippen molar-refractivity contribution in [2.45, 2.75) is 52.4 Å². The van der Waals surface area contributed by atoms with E-state index in [9.17, 15) is 15.6 Å². The lowest BCUT2D eigenvalue weighted by Gasteiger charge is -2.28. The largest absolute Gasteiger partial charge is 0.507 e. The zero-order chi connectivity index (χ0) is 27.0. The third kappa shape index (κ3) is 5.51. The van der Waals surface area contributed by atoms with Crippen LogP contribution in [-0.2, 0) is 10.8 Å². The molecule has 4 N–H and O–H groups in total. The molecule has 5 heteroatoms. The average molecular weight is 494 g/mol. The molecule has 0 aliphatic heterocycles. The summed E-state index contributed by atoms with van der Waals surface area (Å²) < 4.78 is 0. The molecule has 1 aromatic heterocycles. The van der Waals surface area contributed by atoms with Crippen molar-refractivity contribution in [1.82, 2.24) is 4.98 Å². The molecule has 0 saturated carbocycles. The summed E-state index contributed by atoms with van der Waals surface area (Å²) in [5.74, 6) is 0.891. The number of hydrogen-bond donors (Lipinski definition) is 4. The van der Waals surface area contributed by atoms with Crippen LogP contribution >= 0.6 is 0 Å². The van der Waals surface area contributed by atoms with Gasteiger partial charge in [-0.1, -0.05) is 84.0 Å². The SMILES string of the molecule is CC(C)(C)c1cc(C(=N)c2ccccc2Nc2cccc(-c3ccccc3O)n2)c(O)c(C(C)(C)C)c1. The third-order valence-electron chi connectivity index (χ3n) is 6.44. The second-order valence-electron chi connectivity index (χ2n) is 11.4. The van der Waals surface area contributed by atoms with Gasteiger partial charge >= 0.3 is 0 Å². The first-order chi connectivity index (χ1) is 17.4. The first kappa shape index (κ1) is 26.0. The fourth-order valence-corrected chi connectivity index (χ4v) is 4.27. The second-order valence-corrected chi connectivity index (χ2v) is 11.4. The molecule has 0 fully saturated rings. The topological polar surface area (TPSA) is 89.2 Å². The summed E-state index contributed by atoms with van der Waals surface area (Å²) in [7, 11) is 0. The van der Waals surface area contributed by atoms with Crippen LogP contribution in [0.15, 0.2) is 78.9 Å². The highest BCUT2D eigenvalue weighted by molar-refractivity contribution is 6.16. The van der Waals surface area contributed by atoms with Crippen LogP contribution in [0, 0.1) is 5.41 Å². The fraction of sp³-hybridized carbons (Fsp3) is 0.250. The third-order valence-corrected chi connectivity index (χ3v) is 6.44. The lowest BCUT2D eigenvalue weighted by Crippen LogP contribution is -2.19. The number of nitrogens with one attached hydrogen (secondary N) is 2. The summed E-state index contributed by atoms with van der Waals surface area (Å²) in [5, 5.41) is 34.1. The van der Waals surface area contributed by atoms with Gasteiger partial charge in [-0.3, -0.25) is 5.41 Å². The van der Waals surface area contributed by atoms with Crippen molar-refractivity contribution in [2.24, 2.45) is 0 Å². The van der Waals surface area contributed by atoms with E-state index in [0.29, 0.717) is 33.9 Å². The molecule has 0 bridgehead atoms. The zero-order valence-corrected chi connectivity index (χ0v) is 22.3. The zero-order valence-electron chi connectivity index (χ0n) is 22.3. The van der Waals surface area contributed by atoms with Crippen LogP contribution in [-0.4, -0.2) is 20.9 Å². The maximum Gasteiger partial charge on any atom is 0.131 e. The van der Waals surface area contributed by atoms with Gasteiger partial charge in [-0.2, -0.15) is 0 Å². The summed E-state index contributed by atoms with van der Waals surface area (Å²) in [6.07, 6.45) is 0. The fourth-order valence-electron chi connectivity index (χ4n) is 4.27. The second kappa shape index (κ2) is 9.74. The van der Waals surface area contributed by atoms with Crippen LogP contribution in [0.1, 0.15) is 63.8 Å². The number of aromatic hydroxyl groups is 2. The van der Waals surface area contributed by atoms with Crippen molar-refractivity contribution in [1.29, 1.82) is 5.41 Å². The molecule has 0 amide bonds. The predicted molar refractivity (Wildman–Crippen MR) is 152 cm³/mol. The van der Waals surface area contributed by atoms with Gasteiger partial charge in [0.1, 0.15) is 17.3 Å². The quantitative estimate of drug-likeness (QED) is 0.213. The Kier molecular flexibility index (Phi) is 6.83. The van der Waals surface area contributed by atoms with E-state index in [4.69, 9.17) is 4.98 Å². The molecule has 37 heavy (non-hydrogen) atoms. The van der Waals surface area contributed by atoms with Crippen LogP contribution in [0.5, 0.6) is 11.5 Å². The number of benzene rings is 3. The molecule has 1 heterocycles. The summed E-state index contributed by atoms with van der Waals surface area (Å²) in [4.78, 5) is 4.69. The van der Waals surface area contributed by atoms with Crippen molar-refractivity contribution in [3.05, 3.63) is 101 Å². The predicted octanol–water partition coefficient (Wildman–Crippen LogP) is 7.91. The molecule has 3 aromatic carbocycles. The van der Waals surface area contributed by atoms with Crippen molar-refractivity contribution >= 4 is 17.2 Å². The highest BCUT2D eigenvalue weighted by Gasteiger charge is 2.27. The molecule has 0 unspecified atom stereocenters. The number of aromatic nitrogens is 1.